The molecule has 0 amide bonds. The molecule has 0 bridgehead atoms. The number of thiophene rings is 1. The van der Waals surface area contributed by atoms with Gasteiger partial charge in [-0.3, -0.25) is 0 Å². The third-order valence-corrected chi connectivity index (χ3v) is 6.10. The summed E-state index contributed by atoms with van der Waals surface area (Å²) in [5, 5.41) is 11.1. The first-order chi connectivity index (χ1) is 12.4. The second kappa shape index (κ2) is 7.90. The average molecular weight is 393 g/mol. The van der Waals surface area contributed by atoms with Crippen molar-refractivity contribution in [2.75, 3.05) is 35.9 Å². The number of hydrogen-bond donors (Lipinski definition) is 2. The van der Waals surface area contributed by atoms with Gasteiger partial charge in [-0.1, -0.05) is 26.8 Å². The highest BCUT2D eigenvalue weighted by molar-refractivity contribution is 8.00. The largest absolute Gasteiger partial charge is 0.477 e. The van der Waals surface area contributed by atoms with Gasteiger partial charge in [0.1, 0.15) is 4.88 Å². The third kappa shape index (κ3) is 4.34. The molecule has 1 saturated heterocycles. The highest BCUT2D eigenvalue weighted by Crippen LogP contribution is 2.36. The second-order valence-corrected chi connectivity index (χ2v) is 8.97. The summed E-state index contributed by atoms with van der Waals surface area (Å²) in [6.45, 7) is 9.80. The predicted molar refractivity (Wildman–Crippen MR) is 109 cm³/mol. The molecule has 0 saturated carbocycles. The van der Waals surface area contributed by atoms with Crippen molar-refractivity contribution in [2.24, 2.45) is 0 Å². The Kier molecular flexibility index (Phi) is 5.79. The van der Waals surface area contributed by atoms with Crippen LogP contribution in [0, 0.1) is 0 Å². The van der Waals surface area contributed by atoms with Crippen LogP contribution in [0.2, 0.25) is 0 Å². The smallest absolute Gasteiger partial charge is 0.348 e. The van der Waals surface area contributed by atoms with E-state index >= 15 is 0 Å². The summed E-state index contributed by atoms with van der Waals surface area (Å²) in [5.74, 6) is -0.903. The Morgan fingerprint density at radius 1 is 1.27 bits per heavy atom. The molecule has 2 aromatic rings. The summed E-state index contributed by atoms with van der Waals surface area (Å²) in [6, 6.07) is 8.33. The number of rotatable bonds is 5. The van der Waals surface area contributed by atoms with Gasteiger partial charge in [0.05, 0.1) is 29.5 Å². The molecule has 26 heavy (non-hydrogen) atoms. The molecule has 0 unspecified atom stereocenters. The Balaban J connectivity index is 1.87. The van der Waals surface area contributed by atoms with Crippen molar-refractivity contribution >= 4 is 40.6 Å². The van der Waals surface area contributed by atoms with Gasteiger partial charge in [0.25, 0.3) is 0 Å². The Labute approximate surface area is 162 Å². The van der Waals surface area contributed by atoms with Gasteiger partial charge in [-0.25, -0.2) is 4.79 Å². The first-order valence-electron chi connectivity index (χ1n) is 8.57. The molecule has 5 nitrogen and oxygen atoms in total. The summed E-state index contributed by atoms with van der Waals surface area (Å²) < 4.78 is 8.71. The summed E-state index contributed by atoms with van der Waals surface area (Å²) >= 11 is 2.69. The van der Waals surface area contributed by atoms with E-state index in [9.17, 15) is 9.90 Å². The summed E-state index contributed by atoms with van der Waals surface area (Å²) in [4.78, 5) is 15.1. The van der Waals surface area contributed by atoms with Crippen LogP contribution in [0.1, 0.15) is 36.0 Å². The van der Waals surface area contributed by atoms with E-state index < -0.39 is 5.97 Å². The number of carboxylic acid groups (broad SMARTS) is 1. The van der Waals surface area contributed by atoms with Crippen LogP contribution in [0.3, 0.4) is 0 Å². The molecule has 0 atom stereocenters. The SMILES string of the molecule is CC(C)(C)c1ccc(SNc2ccsc2C(=O)O)c(N2CCOCC2)c1. The van der Waals surface area contributed by atoms with E-state index in [2.05, 4.69) is 48.6 Å². The number of carbonyl (C=O) groups is 1. The van der Waals surface area contributed by atoms with Crippen LogP contribution in [-0.2, 0) is 10.2 Å². The standard InChI is InChI=1S/C19H24N2O3S2/c1-19(2,3)13-4-5-16(15(12-13)21-7-9-24-10-8-21)26-20-14-6-11-25-17(14)18(22)23/h4-6,11-12,20H,7-10H2,1-3H3,(H,22,23). The number of nitrogens with one attached hydrogen (secondary N) is 1. The maximum atomic E-state index is 11.3. The molecule has 1 fully saturated rings. The van der Waals surface area contributed by atoms with Crippen molar-refractivity contribution in [2.45, 2.75) is 31.1 Å². The van der Waals surface area contributed by atoms with E-state index in [1.807, 2.05) is 0 Å². The van der Waals surface area contributed by atoms with Gasteiger partial charge < -0.3 is 19.5 Å². The third-order valence-electron chi connectivity index (χ3n) is 4.31. The van der Waals surface area contributed by atoms with Crippen LogP contribution < -0.4 is 9.62 Å². The lowest BCUT2D eigenvalue weighted by molar-refractivity contribution is 0.0703. The van der Waals surface area contributed by atoms with Crippen LogP contribution in [0.15, 0.2) is 34.5 Å². The van der Waals surface area contributed by atoms with Crippen molar-refractivity contribution in [3.8, 4) is 0 Å². The van der Waals surface area contributed by atoms with Gasteiger partial charge >= 0.3 is 5.97 Å². The minimum Gasteiger partial charge on any atom is -0.477 e. The number of benzene rings is 1. The molecule has 2 N–H and O–H groups in total. The maximum absolute atomic E-state index is 11.3. The van der Waals surface area contributed by atoms with Gasteiger partial charge in [0, 0.05) is 13.1 Å². The fraction of sp³-hybridized carbons (Fsp3) is 0.421. The molecule has 0 aliphatic carbocycles. The Morgan fingerprint density at radius 2 is 2.00 bits per heavy atom. The van der Waals surface area contributed by atoms with Crippen molar-refractivity contribution in [1.82, 2.24) is 0 Å². The van der Waals surface area contributed by atoms with Crippen molar-refractivity contribution in [1.29, 1.82) is 0 Å². The van der Waals surface area contributed by atoms with Crippen LogP contribution in [0.4, 0.5) is 11.4 Å². The monoisotopic (exact) mass is 392 g/mol. The molecule has 1 aliphatic heterocycles. The lowest BCUT2D eigenvalue weighted by Crippen LogP contribution is -2.36. The molecule has 1 aromatic heterocycles. The number of carboxylic acids is 1. The first kappa shape index (κ1) is 19.1. The van der Waals surface area contributed by atoms with E-state index in [1.165, 1.54) is 34.5 Å². The molecule has 1 aromatic carbocycles. The highest BCUT2D eigenvalue weighted by Gasteiger charge is 2.21. The van der Waals surface area contributed by atoms with Crippen molar-refractivity contribution in [3.63, 3.8) is 0 Å². The van der Waals surface area contributed by atoms with Crippen LogP contribution in [0.5, 0.6) is 0 Å². The normalized spacial score (nSPS) is 15.1. The lowest BCUT2D eigenvalue weighted by atomic mass is 9.87. The zero-order chi connectivity index (χ0) is 18.7. The number of aromatic carboxylic acids is 1. The molecule has 3 rings (SSSR count). The van der Waals surface area contributed by atoms with E-state index in [1.54, 1.807) is 11.4 Å². The van der Waals surface area contributed by atoms with E-state index in [4.69, 9.17) is 4.74 Å². The molecule has 140 valence electrons. The summed E-state index contributed by atoms with van der Waals surface area (Å²) in [7, 11) is 0. The van der Waals surface area contributed by atoms with Gasteiger partial charge in [-0.2, -0.15) is 0 Å². The van der Waals surface area contributed by atoms with Gasteiger partial charge in [-0.15, -0.1) is 11.3 Å². The maximum Gasteiger partial charge on any atom is 0.348 e. The van der Waals surface area contributed by atoms with Crippen LogP contribution in [-0.4, -0.2) is 37.4 Å². The number of hydrogen-bond acceptors (Lipinski definition) is 6. The Morgan fingerprint density at radius 3 is 2.65 bits per heavy atom. The average Bonchev–Trinajstić information content (AvgIpc) is 3.08. The predicted octanol–water partition coefficient (Wildman–Crippen LogP) is 4.70. The number of ether oxygens (including phenoxy) is 1. The van der Waals surface area contributed by atoms with E-state index in [0.29, 0.717) is 10.6 Å². The van der Waals surface area contributed by atoms with Gasteiger partial charge in [0.15, 0.2) is 0 Å². The van der Waals surface area contributed by atoms with Gasteiger partial charge in [-0.05, 0) is 46.5 Å². The fourth-order valence-electron chi connectivity index (χ4n) is 2.79. The Hall–Kier alpha value is -1.70. The summed E-state index contributed by atoms with van der Waals surface area (Å²) in [6.07, 6.45) is 0. The Bertz CT molecular complexity index is 777. The first-order valence-corrected chi connectivity index (χ1v) is 10.3. The highest BCUT2D eigenvalue weighted by atomic mass is 32.2. The molecule has 7 heteroatoms. The zero-order valence-corrected chi connectivity index (χ0v) is 16.9. The molecule has 2 heterocycles. The summed E-state index contributed by atoms with van der Waals surface area (Å²) in [5.41, 5.74) is 3.16. The second-order valence-electron chi connectivity index (χ2n) is 7.20. The minimum atomic E-state index is -0.903. The molecular formula is C19H24N2O3S2. The molecule has 0 radical (unpaired) electrons. The lowest BCUT2D eigenvalue weighted by Gasteiger charge is -2.32. The molecular weight excluding hydrogens is 368 g/mol. The molecule has 0 spiro atoms. The van der Waals surface area contributed by atoms with Crippen molar-refractivity contribution < 1.29 is 14.6 Å². The van der Waals surface area contributed by atoms with Crippen molar-refractivity contribution in [3.05, 3.63) is 40.1 Å². The van der Waals surface area contributed by atoms with E-state index in [0.717, 1.165) is 31.2 Å². The van der Waals surface area contributed by atoms with Crippen LogP contribution in [0.25, 0.3) is 0 Å². The van der Waals surface area contributed by atoms with E-state index in [-0.39, 0.29) is 5.41 Å². The molecule has 1 aliphatic rings. The topological polar surface area (TPSA) is 61.8 Å². The van der Waals surface area contributed by atoms with Crippen LogP contribution >= 0.6 is 23.3 Å². The van der Waals surface area contributed by atoms with Gasteiger partial charge in [0.2, 0.25) is 0 Å². The number of nitrogens with zero attached hydrogens (tertiary/aromatic N) is 1. The fourth-order valence-corrected chi connectivity index (χ4v) is 4.36. The minimum absolute atomic E-state index is 0.0709. The number of anilines is 2. The number of morpholine rings is 1. The zero-order valence-electron chi connectivity index (χ0n) is 15.2. The quantitative estimate of drug-likeness (QED) is 0.719.